The van der Waals surface area contributed by atoms with Crippen LogP contribution in [0.3, 0.4) is 0 Å². The predicted octanol–water partition coefficient (Wildman–Crippen LogP) is 3.24. The Hall–Kier alpha value is -1.35. The molecule has 20 heavy (non-hydrogen) atoms. The normalized spacial score (nSPS) is 17.7. The molecule has 2 rings (SSSR count). The van der Waals surface area contributed by atoms with Crippen molar-refractivity contribution in [2.45, 2.75) is 45.7 Å². The van der Waals surface area contributed by atoms with Gasteiger partial charge in [-0.3, -0.25) is 4.79 Å². The molecule has 0 saturated carbocycles. The first-order valence-electron chi connectivity index (χ1n) is 7.64. The van der Waals surface area contributed by atoms with Crippen LogP contribution in [0, 0.1) is 5.92 Å². The summed E-state index contributed by atoms with van der Waals surface area (Å²) in [6.07, 6.45) is 2.71. The molecule has 0 radical (unpaired) electrons. The van der Waals surface area contributed by atoms with Crippen molar-refractivity contribution in [3.8, 4) is 0 Å². The van der Waals surface area contributed by atoms with Gasteiger partial charge in [-0.1, -0.05) is 37.3 Å². The zero-order chi connectivity index (χ0) is 14.4. The Bertz CT molecular complexity index is 412. The number of amides is 1. The fourth-order valence-corrected chi connectivity index (χ4v) is 2.63. The van der Waals surface area contributed by atoms with E-state index >= 15 is 0 Å². The summed E-state index contributed by atoms with van der Waals surface area (Å²) in [6.45, 7) is 6.43. The van der Waals surface area contributed by atoms with E-state index < -0.39 is 0 Å². The molecule has 3 heteroatoms. The quantitative estimate of drug-likeness (QED) is 0.825. The molecular formula is C17H25NO2. The highest BCUT2D eigenvalue weighted by atomic mass is 16.5. The summed E-state index contributed by atoms with van der Waals surface area (Å²) in [4.78, 5) is 14.8. The number of carbonyl (C=O) groups excluding carboxylic acids is 1. The van der Waals surface area contributed by atoms with Crippen LogP contribution >= 0.6 is 0 Å². The third-order valence-corrected chi connectivity index (χ3v) is 4.17. The summed E-state index contributed by atoms with van der Waals surface area (Å²) < 4.78 is 5.36. The molecule has 1 heterocycles. The molecule has 1 aliphatic rings. The smallest absolute Gasteiger partial charge is 0.226 e. The largest absolute Gasteiger partial charge is 0.381 e. The Morgan fingerprint density at radius 2 is 1.95 bits per heavy atom. The minimum Gasteiger partial charge on any atom is -0.381 e. The van der Waals surface area contributed by atoms with E-state index in [1.54, 1.807) is 0 Å². The second-order valence-electron chi connectivity index (χ2n) is 5.60. The van der Waals surface area contributed by atoms with E-state index in [0.717, 1.165) is 32.5 Å². The van der Waals surface area contributed by atoms with Crippen LogP contribution in [0.15, 0.2) is 30.3 Å². The maximum absolute atomic E-state index is 12.8. The monoisotopic (exact) mass is 275 g/mol. The third kappa shape index (κ3) is 3.83. The Morgan fingerprint density at radius 1 is 1.30 bits per heavy atom. The molecule has 1 aromatic rings. The minimum atomic E-state index is 0.140. The SMILES string of the molecule is CCC(C)N(Cc1ccccc1)C(=O)C1CCOCC1. The van der Waals surface area contributed by atoms with Crippen LogP contribution in [0.1, 0.15) is 38.7 Å². The zero-order valence-electron chi connectivity index (χ0n) is 12.5. The fraction of sp³-hybridized carbons (Fsp3) is 0.588. The van der Waals surface area contributed by atoms with E-state index in [-0.39, 0.29) is 12.0 Å². The summed E-state index contributed by atoms with van der Waals surface area (Å²) in [6, 6.07) is 10.5. The number of rotatable bonds is 5. The highest BCUT2D eigenvalue weighted by molar-refractivity contribution is 5.79. The Kier molecular flexibility index (Phi) is 5.60. The van der Waals surface area contributed by atoms with Gasteiger partial charge in [0.15, 0.2) is 0 Å². The van der Waals surface area contributed by atoms with Crippen molar-refractivity contribution in [2.24, 2.45) is 5.92 Å². The van der Waals surface area contributed by atoms with Crippen molar-refractivity contribution >= 4 is 5.91 Å². The van der Waals surface area contributed by atoms with Crippen LogP contribution in [-0.4, -0.2) is 30.1 Å². The lowest BCUT2D eigenvalue weighted by Gasteiger charge is -2.33. The Labute approximate surface area is 121 Å². The molecule has 0 spiro atoms. The minimum absolute atomic E-state index is 0.140. The van der Waals surface area contributed by atoms with E-state index in [2.05, 4.69) is 26.0 Å². The zero-order valence-corrected chi connectivity index (χ0v) is 12.5. The van der Waals surface area contributed by atoms with Gasteiger partial charge in [-0.25, -0.2) is 0 Å². The lowest BCUT2D eigenvalue weighted by atomic mass is 9.97. The lowest BCUT2D eigenvalue weighted by molar-refractivity contribution is -0.141. The highest BCUT2D eigenvalue weighted by Gasteiger charge is 2.28. The predicted molar refractivity (Wildman–Crippen MR) is 80.3 cm³/mol. The Balaban J connectivity index is 2.08. The third-order valence-electron chi connectivity index (χ3n) is 4.17. The first-order chi connectivity index (χ1) is 9.72. The first kappa shape index (κ1) is 15.0. The van der Waals surface area contributed by atoms with Gasteiger partial charge in [-0.05, 0) is 31.7 Å². The maximum Gasteiger partial charge on any atom is 0.226 e. The van der Waals surface area contributed by atoms with Crippen molar-refractivity contribution in [3.05, 3.63) is 35.9 Å². The molecule has 1 atom stereocenters. The van der Waals surface area contributed by atoms with Gasteiger partial charge in [0.05, 0.1) is 0 Å². The van der Waals surface area contributed by atoms with E-state index in [9.17, 15) is 4.79 Å². The average Bonchev–Trinajstić information content (AvgIpc) is 2.53. The van der Waals surface area contributed by atoms with Crippen molar-refractivity contribution < 1.29 is 9.53 Å². The van der Waals surface area contributed by atoms with E-state index in [0.29, 0.717) is 12.5 Å². The van der Waals surface area contributed by atoms with Crippen LogP contribution < -0.4 is 0 Å². The summed E-state index contributed by atoms with van der Waals surface area (Å²) in [7, 11) is 0. The van der Waals surface area contributed by atoms with Gasteiger partial charge in [0, 0.05) is 31.7 Å². The van der Waals surface area contributed by atoms with Gasteiger partial charge in [0.2, 0.25) is 5.91 Å². The molecule has 1 saturated heterocycles. The van der Waals surface area contributed by atoms with Crippen molar-refractivity contribution in [2.75, 3.05) is 13.2 Å². The first-order valence-corrected chi connectivity index (χ1v) is 7.64. The van der Waals surface area contributed by atoms with E-state index in [1.165, 1.54) is 5.56 Å². The molecule has 0 N–H and O–H groups in total. The molecule has 3 nitrogen and oxygen atoms in total. The van der Waals surface area contributed by atoms with E-state index in [4.69, 9.17) is 4.74 Å². The number of ether oxygens (including phenoxy) is 1. The van der Waals surface area contributed by atoms with E-state index in [1.807, 2.05) is 23.1 Å². The number of nitrogens with zero attached hydrogens (tertiary/aromatic N) is 1. The van der Waals surface area contributed by atoms with Crippen LogP contribution in [0.2, 0.25) is 0 Å². The molecule has 1 fully saturated rings. The van der Waals surface area contributed by atoms with Crippen LogP contribution in [-0.2, 0) is 16.1 Å². The molecule has 0 bridgehead atoms. The molecule has 110 valence electrons. The lowest BCUT2D eigenvalue weighted by Crippen LogP contribution is -2.43. The van der Waals surface area contributed by atoms with Gasteiger partial charge < -0.3 is 9.64 Å². The van der Waals surface area contributed by atoms with Gasteiger partial charge in [-0.2, -0.15) is 0 Å². The van der Waals surface area contributed by atoms with Crippen LogP contribution in [0.4, 0.5) is 0 Å². The van der Waals surface area contributed by atoms with Gasteiger partial charge in [0.25, 0.3) is 0 Å². The summed E-state index contributed by atoms with van der Waals surface area (Å²) in [5.74, 6) is 0.438. The number of hydrogen-bond acceptors (Lipinski definition) is 2. The second-order valence-corrected chi connectivity index (χ2v) is 5.60. The highest BCUT2D eigenvalue weighted by Crippen LogP contribution is 2.21. The van der Waals surface area contributed by atoms with Gasteiger partial charge in [0.1, 0.15) is 0 Å². The topological polar surface area (TPSA) is 29.5 Å². The van der Waals surface area contributed by atoms with Crippen LogP contribution in [0.25, 0.3) is 0 Å². The summed E-state index contributed by atoms with van der Waals surface area (Å²) in [5.41, 5.74) is 1.20. The van der Waals surface area contributed by atoms with Crippen molar-refractivity contribution in [1.82, 2.24) is 4.90 Å². The van der Waals surface area contributed by atoms with Crippen molar-refractivity contribution in [1.29, 1.82) is 0 Å². The van der Waals surface area contributed by atoms with Gasteiger partial charge >= 0.3 is 0 Å². The molecule has 1 unspecified atom stereocenters. The molecule has 1 aromatic carbocycles. The number of benzene rings is 1. The molecular weight excluding hydrogens is 250 g/mol. The molecule has 1 aliphatic heterocycles. The summed E-state index contributed by atoms with van der Waals surface area (Å²) in [5, 5.41) is 0. The fourth-order valence-electron chi connectivity index (χ4n) is 2.63. The number of carbonyl (C=O) groups is 1. The van der Waals surface area contributed by atoms with Gasteiger partial charge in [-0.15, -0.1) is 0 Å². The molecule has 0 aliphatic carbocycles. The molecule has 1 amide bonds. The standard InChI is InChI=1S/C17H25NO2/c1-3-14(2)18(13-15-7-5-4-6-8-15)17(19)16-9-11-20-12-10-16/h4-8,14,16H,3,9-13H2,1-2H3. The van der Waals surface area contributed by atoms with Crippen LogP contribution in [0.5, 0.6) is 0 Å². The molecule has 0 aromatic heterocycles. The average molecular weight is 275 g/mol. The summed E-state index contributed by atoms with van der Waals surface area (Å²) >= 11 is 0. The Morgan fingerprint density at radius 3 is 2.55 bits per heavy atom. The van der Waals surface area contributed by atoms with Crippen molar-refractivity contribution in [3.63, 3.8) is 0 Å². The number of hydrogen-bond donors (Lipinski definition) is 0. The second kappa shape index (κ2) is 7.44. The maximum atomic E-state index is 12.8.